The van der Waals surface area contributed by atoms with Crippen LogP contribution in [0.3, 0.4) is 0 Å². The second-order valence-corrected chi connectivity index (χ2v) is 5.40. The molecule has 5 nitrogen and oxygen atoms in total. The molecule has 0 amide bonds. The van der Waals surface area contributed by atoms with Gasteiger partial charge in [-0.15, -0.1) is 11.3 Å². The van der Waals surface area contributed by atoms with E-state index in [9.17, 15) is 4.79 Å². The molecule has 0 aliphatic rings. The molecular weight excluding hydrogens is 250 g/mol. The largest absolute Gasteiger partial charge is 0.339 e. The number of carbonyl (C=O) groups excluding carboxylic acids is 1. The van der Waals surface area contributed by atoms with Crippen LogP contribution >= 0.6 is 11.3 Å². The summed E-state index contributed by atoms with van der Waals surface area (Å²) in [5.74, 6) is 1.06. The van der Waals surface area contributed by atoms with Crippen molar-refractivity contribution >= 4 is 17.1 Å². The summed E-state index contributed by atoms with van der Waals surface area (Å²) in [6.07, 6.45) is 0.763. The summed E-state index contributed by atoms with van der Waals surface area (Å²) in [5, 5.41) is 6.80. The third kappa shape index (κ3) is 3.22. The van der Waals surface area contributed by atoms with Gasteiger partial charge >= 0.3 is 0 Å². The zero-order valence-electron chi connectivity index (χ0n) is 10.6. The number of ketones is 1. The molecule has 2 aromatic heterocycles. The van der Waals surface area contributed by atoms with E-state index in [0.717, 1.165) is 10.7 Å². The Balaban J connectivity index is 2.00. The summed E-state index contributed by atoms with van der Waals surface area (Å²) in [6, 6.07) is 0. The zero-order valence-corrected chi connectivity index (χ0v) is 11.5. The number of nitrogens with zero attached hydrogens (tertiary/aromatic N) is 3. The molecule has 0 N–H and O–H groups in total. The van der Waals surface area contributed by atoms with Crippen molar-refractivity contribution in [2.45, 2.75) is 33.6 Å². The van der Waals surface area contributed by atoms with Gasteiger partial charge in [0.05, 0.1) is 12.8 Å². The molecule has 0 aromatic carbocycles. The van der Waals surface area contributed by atoms with Crippen LogP contribution in [0.25, 0.3) is 0 Å². The van der Waals surface area contributed by atoms with Gasteiger partial charge in [-0.1, -0.05) is 19.0 Å². The minimum Gasteiger partial charge on any atom is -0.339 e. The topological polar surface area (TPSA) is 68.9 Å². The lowest BCUT2D eigenvalue weighted by Gasteiger charge is -1.98. The molecule has 0 saturated carbocycles. The molecular formula is C12H15N3O2S. The monoisotopic (exact) mass is 265 g/mol. The van der Waals surface area contributed by atoms with Crippen molar-refractivity contribution < 1.29 is 9.32 Å². The Morgan fingerprint density at radius 1 is 1.44 bits per heavy atom. The van der Waals surface area contributed by atoms with Crippen LogP contribution < -0.4 is 0 Å². The highest BCUT2D eigenvalue weighted by Crippen LogP contribution is 2.13. The number of thiazole rings is 1. The summed E-state index contributed by atoms with van der Waals surface area (Å²) >= 11 is 1.57. The highest BCUT2D eigenvalue weighted by Gasteiger charge is 2.14. The van der Waals surface area contributed by atoms with Crippen LogP contribution in [0.15, 0.2) is 9.90 Å². The first-order chi connectivity index (χ1) is 8.54. The van der Waals surface area contributed by atoms with Crippen molar-refractivity contribution in [1.29, 1.82) is 0 Å². The Labute approximate surface area is 109 Å². The lowest BCUT2D eigenvalue weighted by atomic mass is 10.1. The van der Waals surface area contributed by atoms with E-state index in [1.807, 2.05) is 26.2 Å². The van der Waals surface area contributed by atoms with Crippen molar-refractivity contribution in [2.75, 3.05) is 0 Å². The molecule has 0 bridgehead atoms. The fraction of sp³-hybridized carbons (Fsp3) is 0.500. The Morgan fingerprint density at radius 2 is 2.22 bits per heavy atom. The summed E-state index contributed by atoms with van der Waals surface area (Å²) in [6.45, 7) is 5.67. The molecule has 0 saturated heterocycles. The highest BCUT2D eigenvalue weighted by molar-refractivity contribution is 7.09. The van der Waals surface area contributed by atoms with Gasteiger partial charge in [-0.25, -0.2) is 4.98 Å². The van der Waals surface area contributed by atoms with Crippen molar-refractivity contribution in [2.24, 2.45) is 5.92 Å². The van der Waals surface area contributed by atoms with Gasteiger partial charge in [0.1, 0.15) is 10.8 Å². The van der Waals surface area contributed by atoms with Gasteiger partial charge in [0.25, 0.3) is 0 Å². The van der Waals surface area contributed by atoms with E-state index in [4.69, 9.17) is 4.52 Å². The molecule has 96 valence electrons. The van der Waals surface area contributed by atoms with E-state index >= 15 is 0 Å². The SMILES string of the molecule is Cc1csc(Cc2noc(CC(=O)C(C)C)n2)n1. The smallest absolute Gasteiger partial charge is 0.234 e. The standard InChI is InChI=1S/C12H15N3O2S/c1-7(2)9(16)4-11-14-10(15-17-11)5-12-13-8(3)6-18-12/h6-7H,4-5H2,1-3H3. The lowest BCUT2D eigenvalue weighted by Crippen LogP contribution is -2.10. The molecule has 0 atom stereocenters. The van der Waals surface area contributed by atoms with E-state index in [-0.39, 0.29) is 18.1 Å². The zero-order chi connectivity index (χ0) is 13.1. The average molecular weight is 265 g/mol. The third-order valence-corrected chi connectivity index (χ3v) is 3.42. The molecule has 0 fully saturated rings. The molecule has 2 rings (SSSR count). The van der Waals surface area contributed by atoms with Gasteiger partial charge in [0, 0.05) is 17.0 Å². The van der Waals surface area contributed by atoms with Crippen molar-refractivity contribution in [3.63, 3.8) is 0 Å². The number of aryl methyl sites for hydroxylation is 1. The predicted octanol–water partition coefficient (Wildman–Crippen LogP) is 2.19. The first kappa shape index (κ1) is 12.9. The molecule has 18 heavy (non-hydrogen) atoms. The van der Waals surface area contributed by atoms with Gasteiger partial charge in [-0.3, -0.25) is 4.79 Å². The average Bonchev–Trinajstić information content (AvgIpc) is 2.89. The van der Waals surface area contributed by atoms with Crippen molar-refractivity contribution in [1.82, 2.24) is 15.1 Å². The van der Waals surface area contributed by atoms with Crippen LogP contribution in [0.1, 0.15) is 36.3 Å². The van der Waals surface area contributed by atoms with Crippen LogP contribution in [0.4, 0.5) is 0 Å². The Morgan fingerprint density at radius 3 is 2.83 bits per heavy atom. The first-order valence-electron chi connectivity index (χ1n) is 5.79. The highest BCUT2D eigenvalue weighted by atomic mass is 32.1. The maximum Gasteiger partial charge on any atom is 0.234 e. The first-order valence-corrected chi connectivity index (χ1v) is 6.67. The third-order valence-electron chi connectivity index (χ3n) is 2.46. The second kappa shape index (κ2) is 5.39. The van der Waals surface area contributed by atoms with Gasteiger partial charge in [-0.05, 0) is 6.92 Å². The van der Waals surface area contributed by atoms with Gasteiger partial charge < -0.3 is 4.52 Å². The summed E-state index contributed by atoms with van der Waals surface area (Å²) in [7, 11) is 0. The fourth-order valence-electron chi connectivity index (χ4n) is 1.41. The fourth-order valence-corrected chi connectivity index (χ4v) is 2.17. The molecule has 0 spiro atoms. The molecule has 6 heteroatoms. The van der Waals surface area contributed by atoms with Crippen LogP contribution in [-0.4, -0.2) is 20.9 Å². The minimum atomic E-state index is -0.0121. The van der Waals surface area contributed by atoms with Crippen molar-refractivity contribution in [3.05, 3.63) is 27.8 Å². The minimum absolute atomic E-state index is 0.0121. The number of hydrogen-bond donors (Lipinski definition) is 0. The Bertz CT molecular complexity index is 545. The number of rotatable bonds is 5. The number of aromatic nitrogens is 3. The molecule has 2 aromatic rings. The van der Waals surface area contributed by atoms with E-state index in [1.54, 1.807) is 11.3 Å². The van der Waals surface area contributed by atoms with Crippen LogP contribution in [0, 0.1) is 12.8 Å². The number of hydrogen-bond acceptors (Lipinski definition) is 6. The van der Waals surface area contributed by atoms with Gasteiger partial charge in [-0.2, -0.15) is 4.98 Å². The van der Waals surface area contributed by atoms with Gasteiger partial charge in [0.2, 0.25) is 5.89 Å². The maximum absolute atomic E-state index is 11.5. The lowest BCUT2D eigenvalue weighted by molar-refractivity contribution is -0.121. The second-order valence-electron chi connectivity index (χ2n) is 4.46. The molecule has 0 aliphatic carbocycles. The predicted molar refractivity (Wildman–Crippen MR) is 67.5 cm³/mol. The van der Waals surface area contributed by atoms with Crippen LogP contribution in [0.5, 0.6) is 0 Å². The van der Waals surface area contributed by atoms with Gasteiger partial charge in [0.15, 0.2) is 5.82 Å². The summed E-state index contributed by atoms with van der Waals surface area (Å²) in [4.78, 5) is 20.1. The Hall–Kier alpha value is -1.56. The number of carbonyl (C=O) groups is 1. The molecule has 0 aliphatic heterocycles. The maximum atomic E-state index is 11.5. The van der Waals surface area contributed by atoms with E-state index in [2.05, 4.69) is 15.1 Å². The Kier molecular flexibility index (Phi) is 3.86. The summed E-state index contributed by atoms with van der Waals surface area (Å²) < 4.78 is 5.06. The van der Waals surface area contributed by atoms with Crippen LogP contribution in [-0.2, 0) is 17.6 Å². The molecule has 2 heterocycles. The van der Waals surface area contributed by atoms with E-state index in [1.165, 1.54) is 0 Å². The molecule has 0 unspecified atom stereocenters. The van der Waals surface area contributed by atoms with E-state index in [0.29, 0.717) is 18.1 Å². The molecule has 0 radical (unpaired) electrons. The summed E-state index contributed by atoms with van der Waals surface area (Å²) in [5.41, 5.74) is 0.994. The van der Waals surface area contributed by atoms with E-state index < -0.39 is 0 Å². The van der Waals surface area contributed by atoms with Crippen LogP contribution in [0.2, 0.25) is 0 Å². The normalized spacial score (nSPS) is 11.1. The number of Topliss-reactive ketones (excluding diaryl/α,β-unsaturated/α-hetero) is 1. The van der Waals surface area contributed by atoms with Crippen molar-refractivity contribution in [3.8, 4) is 0 Å². The quantitative estimate of drug-likeness (QED) is 0.829.